The van der Waals surface area contributed by atoms with Crippen LogP contribution in [0.3, 0.4) is 0 Å². The summed E-state index contributed by atoms with van der Waals surface area (Å²) in [5.41, 5.74) is 0.629. The van der Waals surface area contributed by atoms with Crippen LogP contribution < -0.4 is 0 Å². The van der Waals surface area contributed by atoms with Crippen molar-refractivity contribution in [2.24, 2.45) is 0 Å². The molecule has 0 bridgehead atoms. The molecular formula is C10H10N2O3. The highest BCUT2D eigenvalue weighted by atomic mass is 16.5. The van der Waals surface area contributed by atoms with Gasteiger partial charge in [-0.25, -0.2) is 9.78 Å². The van der Waals surface area contributed by atoms with E-state index in [1.807, 2.05) is 0 Å². The van der Waals surface area contributed by atoms with E-state index in [4.69, 9.17) is 4.74 Å². The molecule has 0 aliphatic heterocycles. The summed E-state index contributed by atoms with van der Waals surface area (Å²) in [6.07, 6.45) is 3.16. The molecule has 2 heterocycles. The smallest absolute Gasteiger partial charge is 0.360 e. The van der Waals surface area contributed by atoms with Gasteiger partial charge in [0, 0.05) is 11.6 Å². The number of hydrogen-bond acceptors (Lipinski definition) is 4. The van der Waals surface area contributed by atoms with E-state index >= 15 is 0 Å². The van der Waals surface area contributed by atoms with Crippen molar-refractivity contribution in [3.8, 4) is 5.75 Å². The second-order valence-electron chi connectivity index (χ2n) is 2.98. The number of aromatic hydroxyl groups is 1. The van der Waals surface area contributed by atoms with Gasteiger partial charge >= 0.3 is 5.97 Å². The maximum atomic E-state index is 11.4. The molecule has 0 saturated carbocycles. The number of esters is 1. The molecule has 0 unspecified atom stereocenters. The highest BCUT2D eigenvalue weighted by Gasteiger charge is 2.16. The van der Waals surface area contributed by atoms with Crippen LogP contribution in [0.2, 0.25) is 0 Å². The Balaban J connectivity index is 2.52. The Hall–Kier alpha value is -2.04. The molecule has 0 radical (unpaired) electrons. The molecule has 0 fully saturated rings. The zero-order chi connectivity index (χ0) is 10.8. The molecule has 15 heavy (non-hydrogen) atoms. The van der Waals surface area contributed by atoms with Crippen molar-refractivity contribution < 1.29 is 14.6 Å². The standard InChI is InChI=1S/C10H10N2O3/c1-2-15-10(14)8-9(13)6-3-4-11-7(6)5-12-8/h3-5,11,13H,2H2,1H3. The molecular weight excluding hydrogens is 196 g/mol. The topological polar surface area (TPSA) is 75.2 Å². The second-order valence-corrected chi connectivity index (χ2v) is 2.98. The van der Waals surface area contributed by atoms with E-state index in [0.717, 1.165) is 0 Å². The summed E-state index contributed by atoms with van der Waals surface area (Å²) in [7, 11) is 0. The first-order valence-electron chi connectivity index (χ1n) is 4.56. The Kier molecular flexibility index (Phi) is 2.29. The largest absolute Gasteiger partial charge is 0.505 e. The fourth-order valence-corrected chi connectivity index (χ4v) is 1.36. The molecule has 78 valence electrons. The Morgan fingerprint density at radius 3 is 3.20 bits per heavy atom. The SMILES string of the molecule is CCOC(=O)c1ncc2[nH]ccc2c1O. The predicted octanol–water partition coefficient (Wildman–Crippen LogP) is 1.45. The summed E-state index contributed by atoms with van der Waals surface area (Å²) in [5, 5.41) is 10.3. The first-order chi connectivity index (χ1) is 7.24. The number of hydrogen-bond donors (Lipinski definition) is 2. The monoisotopic (exact) mass is 206 g/mol. The molecule has 2 N–H and O–H groups in total. The van der Waals surface area contributed by atoms with Crippen LogP contribution in [0.25, 0.3) is 10.9 Å². The molecule has 5 heteroatoms. The number of H-pyrrole nitrogens is 1. The van der Waals surface area contributed by atoms with Gasteiger partial charge in [0.05, 0.1) is 18.3 Å². The number of nitrogens with zero attached hydrogens (tertiary/aromatic N) is 1. The van der Waals surface area contributed by atoms with E-state index in [1.54, 1.807) is 19.2 Å². The first-order valence-corrected chi connectivity index (χ1v) is 4.56. The van der Waals surface area contributed by atoms with Gasteiger partial charge in [-0.15, -0.1) is 0 Å². The Morgan fingerprint density at radius 1 is 1.67 bits per heavy atom. The van der Waals surface area contributed by atoms with Crippen LogP contribution in [0.1, 0.15) is 17.4 Å². The Bertz CT molecular complexity index is 504. The molecule has 0 spiro atoms. The van der Waals surface area contributed by atoms with Gasteiger partial charge in [0.2, 0.25) is 0 Å². The maximum Gasteiger partial charge on any atom is 0.360 e. The fourth-order valence-electron chi connectivity index (χ4n) is 1.36. The molecule has 0 aliphatic carbocycles. The van der Waals surface area contributed by atoms with Gasteiger partial charge in [-0.05, 0) is 13.0 Å². The minimum absolute atomic E-state index is 0.0519. The average Bonchev–Trinajstić information content (AvgIpc) is 2.67. The number of aromatic amines is 1. The van der Waals surface area contributed by atoms with Crippen molar-refractivity contribution in [3.63, 3.8) is 0 Å². The number of aromatic nitrogens is 2. The number of carbonyl (C=O) groups excluding carboxylic acids is 1. The molecule has 2 aromatic heterocycles. The highest BCUT2D eigenvalue weighted by Crippen LogP contribution is 2.26. The van der Waals surface area contributed by atoms with Gasteiger partial charge in [0.25, 0.3) is 0 Å². The van der Waals surface area contributed by atoms with Gasteiger partial charge in [-0.2, -0.15) is 0 Å². The van der Waals surface area contributed by atoms with E-state index in [0.29, 0.717) is 10.9 Å². The van der Waals surface area contributed by atoms with Crippen molar-refractivity contribution in [1.29, 1.82) is 0 Å². The lowest BCUT2D eigenvalue weighted by Gasteiger charge is -2.03. The first kappa shape index (κ1) is 9.51. The normalized spacial score (nSPS) is 10.5. The molecule has 2 rings (SSSR count). The van der Waals surface area contributed by atoms with Crippen LogP contribution in [-0.2, 0) is 4.74 Å². The summed E-state index contributed by atoms with van der Waals surface area (Å²) in [6, 6.07) is 1.68. The average molecular weight is 206 g/mol. The van der Waals surface area contributed by atoms with Crippen molar-refractivity contribution in [1.82, 2.24) is 9.97 Å². The van der Waals surface area contributed by atoms with Crippen LogP contribution in [0.5, 0.6) is 5.75 Å². The summed E-state index contributed by atoms with van der Waals surface area (Å²) in [6.45, 7) is 1.95. The van der Waals surface area contributed by atoms with Gasteiger partial charge in [0.1, 0.15) is 0 Å². The van der Waals surface area contributed by atoms with Crippen molar-refractivity contribution >= 4 is 16.9 Å². The fraction of sp³-hybridized carbons (Fsp3) is 0.200. The third-order valence-corrected chi connectivity index (χ3v) is 2.05. The molecule has 0 atom stereocenters. The lowest BCUT2D eigenvalue weighted by molar-refractivity contribution is 0.0516. The minimum Gasteiger partial charge on any atom is -0.505 e. The van der Waals surface area contributed by atoms with Gasteiger partial charge < -0.3 is 14.8 Å². The lowest BCUT2D eigenvalue weighted by Crippen LogP contribution is -2.07. The molecule has 5 nitrogen and oxygen atoms in total. The Labute approximate surface area is 85.7 Å². The number of pyridine rings is 1. The van der Waals surface area contributed by atoms with Crippen LogP contribution in [0.4, 0.5) is 0 Å². The predicted molar refractivity (Wildman–Crippen MR) is 53.7 cm³/mol. The zero-order valence-corrected chi connectivity index (χ0v) is 8.15. The quantitative estimate of drug-likeness (QED) is 0.729. The lowest BCUT2D eigenvalue weighted by atomic mass is 10.2. The minimum atomic E-state index is -0.613. The summed E-state index contributed by atoms with van der Waals surface area (Å²) < 4.78 is 4.76. The highest BCUT2D eigenvalue weighted by molar-refractivity contribution is 5.97. The zero-order valence-electron chi connectivity index (χ0n) is 8.15. The third-order valence-electron chi connectivity index (χ3n) is 2.05. The number of carbonyl (C=O) groups is 1. The number of rotatable bonds is 2. The van der Waals surface area contributed by atoms with Gasteiger partial charge in [-0.3, -0.25) is 0 Å². The summed E-state index contributed by atoms with van der Waals surface area (Å²) in [5.74, 6) is -0.759. The van der Waals surface area contributed by atoms with E-state index in [9.17, 15) is 9.90 Å². The molecule has 2 aromatic rings. The number of fused-ring (bicyclic) bond motifs is 1. The third kappa shape index (κ3) is 1.52. The molecule has 0 amide bonds. The number of ether oxygens (including phenoxy) is 1. The van der Waals surface area contributed by atoms with Crippen LogP contribution >= 0.6 is 0 Å². The van der Waals surface area contributed by atoms with Gasteiger partial charge in [0.15, 0.2) is 11.4 Å². The number of nitrogens with one attached hydrogen (secondary N) is 1. The maximum absolute atomic E-state index is 11.4. The molecule has 0 saturated heterocycles. The van der Waals surface area contributed by atoms with Crippen LogP contribution in [-0.4, -0.2) is 27.7 Å². The molecule has 0 aromatic carbocycles. The van der Waals surface area contributed by atoms with E-state index < -0.39 is 5.97 Å². The van der Waals surface area contributed by atoms with Crippen LogP contribution in [0, 0.1) is 0 Å². The van der Waals surface area contributed by atoms with Gasteiger partial charge in [-0.1, -0.05) is 0 Å². The van der Waals surface area contributed by atoms with Crippen molar-refractivity contribution in [3.05, 3.63) is 24.2 Å². The van der Waals surface area contributed by atoms with Crippen molar-refractivity contribution in [2.75, 3.05) is 6.61 Å². The summed E-state index contributed by atoms with van der Waals surface area (Å²) >= 11 is 0. The second kappa shape index (κ2) is 3.61. The van der Waals surface area contributed by atoms with E-state index in [2.05, 4.69) is 9.97 Å². The van der Waals surface area contributed by atoms with Crippen molar-refractivity contribution in [2.45, 2.75) is 6.92 Å². The van der Waals surface area contributed by atoms with E-state index in [1.165, 1.54) is 6.20 Å². The van der Waals surface area contributed by atoms with Crippen LogP contribution in [0.15, 0.2) is 18.5 Å². The Morgan fingerprint density at radius 2 is 2.47 bits per heavy atom. The van der Waals surface area contributed by atoms with E-state index in [-0.39, 0.29) is 18.1 Å². The summed E-state index contributed by atoms with van der Waals surface area (Å²) in [4.78, 5) is 18.1. The molecule has 0 aliphatic rings.